The minimum atomic E-state index is -0.713. The van der Waals surface area contributed by atoms with Crippen molar-refractivity contribution in [1.82, 2.24) is 0 Å². The lowest BCUT2D eigenvalue weighted by Gasteiger charge is -2.15. The van der Waals surface area contributed by atoms with E-state index in [4.69, 9.17) is 10.5 Å². The van der Waals surface area contributed by atoms with Crippen molar-refractivity contribution < 1.29 is 14.3 Å². The second kappa shape index (κ2) is 8.09. The predicted molar refractivity (Wildman–Crippen MR) is 115 cm³/mol. The molecule has 2 aromatic carbocycles. The van der Waals surface area contributed by atoms with Crippen LogP contribution in [0.25, 0.3) is 11.1 Å². The van der Waals surface area contributed by atoms with Crippen molar-refractivity contribution in [2.45, 2.75) is 32.3 Å². The predicted octanol–water partition coefficient (Wildman–Crippen LogP) is 4.41. The number of anilines is 1. The van der Waals surface area contributed by atoms with Crippen molar-refractivity contribution in [2.75, 3.05) is 5.32 Å². The minimum absolute atomic E-state index is 0.306. The first kappa shape index (κ1) is 19.2. The van der Waals surface area contributed by atoms with Crippen molar-refractivity contribution in [3.8, 4) is 16.9 Å². The quantitative estimate of drug-likeness (QED) is 0.636. The number of nitrogens with one attached hydrogen (secondary N) is 1. The normalized spacial score (nSPS) is 13.6. The summed E-state index contributed by atoms with van der Waals surface area (Å²) in [5, 5.41) is 3.36. The highest BCUT2D eigenvalue weighted by molar-refractivity contribution is 7.17. The number of rotatable bonds is 6. The number of hydrogen-bond acceptors (Lipinski definition) is 4. The van der Waals surface area contributed by atoms with Gasteiger partial charge in [-0.05, 0) is 55.0 Å². The fraction of sp³-hybridized carbons (Fsp3) is 0.217. The Labute approximate surface area is 173 Å². The molecule has 1 heterocycles. The number of aryl methyl sites for hydroxylation is 1. The fourth-order valence-electron chi connectivity index (χ4n) is 3.58. The lowest BCUT2D eigenvalue weighted by Crippen LogP contribution is -2.30. The number of amides is 2. The molecule has 3 N–H and O–H groups in total. The van der Waals surface area contributed by atoms with Crippen molar-refractivity contribution in [1.29, 1.82) is 0 Å². The molecule has 0 aliphatic heterocycles. The number of benzene rings is 2. The third-order valence-electron chi connectivity index (χ3n) is 5.05. The molecule has 0 fully saturated rings. The van der Waals surface area contributed by atoms with Gasteiger partial charge in [0.1, 0.15) is 10.8 Å². The summed E-state index contributed by atoms with van der Waals surface area (Å²) in [6, 6.07) is 17.7. The standard InChI is InChI=1S/C23H22N2O3S/c1-14(28-17-12-10-16(11-13-17)15-6-3-2-4-7-15)22(27)25-23-20(21(24)26)18-8-5-9-19(18)29-23/h2-4,6-7,10-14H,5,8-9H2,1H3,(H2,24,26)(H,25,27). The molecule has 5 nitrogen and oxygen atoms in total. The molecule has 1 aromatic heterocycles. The summed E-state index contributed by atoms with van der Waals surface area (Å²) in [5.74, 6) is -0.194. The van der Waals surface area contributed by atoms with Crippen LogP contribution in [-0.2, 0) is 17.6 Å². The maximum atomic E-state index is 12.6. The Balaban J connectivity index is 1.43. The summed E-state index contributed by atoms with van der Waals surface area (Å²) in [6.07, 6.45) is 2.07. The third-order valence-corrected chi connectivity index (χ3v) is 6.26. The van der Waals surface area contributed by atoms with Gasteiger partial charge < -0.3 is 15.8 Å². The van der Waals surface area contributed by atoms with Gasteiger partial charge in [-0.3, -0.25) is 9.59 Å². The van der Waals surface area contributed by atoms with Crippen LogP contribution in [-0.4, -0.2) is 17.9 Å². The summed E-state index contributed by atoms with van der Waals surface area (Å²) in [4.78, 5) is 25.6. The van der Waals surface area contributed by atoms with Crippen molar-refractivity contribution in [3.63, 3.8) is 0 Å². The van der Waals surface area contributed by atoms with Crippen LogP contribution >= 0.6 is 11.3 Å². The molecule has 0 saturated carbocycles. The molecule has 6 heteroatoms. The van der Waals surface area contributed by atoms with Gasteiger partial charge in [-0.1, -0.05) is 42.5 Å². The first-order valence-electron chi connectivity index (χ1n) is 9.60. The van der Waals surface area contributed by atoms with E-state index in [-0.39, 0.29) is 5.91 Å². The summed E-state index contributed by atoms with van der Waals surface area (Å²) >= 11 is 1.44. The van der Waals surface area contributed by atoms with E-state index in [2.05, 4.69) is 5.32 Å². The summed E-state index contributed by atoms with van der Waals surface area (Å²) in [7, 11) is 0. The molecular formula is C23H22N2O3S. The highest BCUT2D eigenvalue weighted by Gasteiger charge is 2.27. The average Bonchev–Trinajstić information content (AvgIpc) is 3.29. The number of carbonyl (C=O) groups is 2. The van der Waals surface area contributed by atoms with E-state index in [1.165, 1.54) is 11.3 Å². The van der Waals surface area contributed by atoms with Gasteiger partial charge in [0.05, 0.1) is 5.56 Å². The van der Waals surface area contributed by atoms with Crippen LogP contribution in [0.2, 0.25) is 0 Å². The largest absolute Gasteiger partial charge is 0.481 e. The Bertz CT molecular complexity index is 1040. The van der Waals surface area contributed by atoms with Crippen molar-refractivity contribution in [3.05, 3.63) is 70.6 Å². The van der Waals surface area contributed by atoms with Crippen LogP contribution in [0.5, 0.6) is 5.75 Å². The van der Waals surface area contributed by atoms with Gasteiger partial charge in [0.2, 0.25) is 0 Å². The van der Waals surface area contributed by atoms with Gasteiger partial charge in [-0.15, -0.1) is 11.3 Å². The molecule has 1 unspecified atom stereocenters. The minimum Gasteiger partial charge on any atom is -0.481 e. The molecule has 4 rings (SSSR count). The molecule has 0 radical (unpaired) electrons. The molecule has 0 saturated heterocycles. The van der Waals surface area contributed by atoms with E-state index in [1.807, 2.05) is 54.6 Å². The van der Waals surface area contributed by atoms with E-state index >= 15 is 0 Å². The summed E-state index contributed by atoms with van der Waals surface area (Å²) in [6.45, 7) is 1.69. The zero-order valence-electron chi connectivity index (χ0n) is 16.1. The average molecular weight is 407 g/mol. The second-order valence-electron chi connectivity index (χ2n) is 7.07. The number of ether oxygens (including phenoxy) is 1. The molecule has 148 valence electrons. The third kappa shape index (κ3) is 4.03. The van der Waals surface area contributed by atoms with Crippen LogP contribution in [0.4, 0.5) is 5.00 Å². The van der Waals surface area contributed by atoms with Gasteiger partial charge >= 0.3 is 0 Å². The Morgan fingerprint density at radius 1 is 1.03 bits per heavy atom. The second-order valence-corrected chi connectivity index (χ2v) is 8.17. The fourth-order valence-corrected chi connectivity index (χ4v) is 4.88. The van der Waals surface area contributed by atoms with Crippen LogP contribution in [0.1, 0.15) is 34.1 Å². The maximum absolute atomic E-state index is 12.6. The Kier molecular flexibility index (Phi) is 5.36. The van der Waals surface area contributed by atoms with Crippen LogP contribution in [0.15, 0.2) is 54.6 Å². The van der Waals surface area contributed by atoms with E-state index < -0.39 is 12.0 Å². The topological polar surface area (TPSA) is 81.4 Å². The molecule has 0 spiro atoms. The molecule has 1 aliphatic carbocycles. The van der Waals surface area contributed by atoms with Crippen LogP contribution in [0, 0.1) is 0 Å². The van der Waals surface area contributed by atoms with E-state index in [9.17, 15) is 9.59 Å². The Morgan fingerprint density at radius 3 is 2.41 bits per heavy atom. The zero-order valence-corrected chi connectivity index (χ0v) is 16.9. The number of fused-ring (bicyclic) bond motifs is 1. The summed E-state index contributed by atoms with van der Waals surface area (Å²) in [5.41, 5.74) is 9.20. The first-order valence-corrected chi connectivity index (χ1v) is 10.4. The highest BCUT2D eigenvalue weighted by atomic mass is 32.1. The maximum Gasteiger partial charge on any atom is 0.265 e. The molecule has 3 aromatic rings. The van der Waals surface area contributed by atoms with E-state index in [0.29, 0.717) is 16.3 Å². The smallest absolute Gasteiger partial charge is 0.265 e. The molecule has 29 heavy (non-hydrogen) atoms. The van der Waals surface area contributed by atoms with Crippen LogP contribution < -0.4 is 15.8 Å². The lowest BCUT2D eigenvalue weighted by molar-refractivity contribution is -0.122. The van der Waals surface area contributed by atoms with Gasteiger partial charge in [-0.25, -0.2) is 0 Å². The van der Waals surface area contributed by atoms with E-state index in [0.717, 1.165) is 40.8 Å². The number of hydrogen-bond donors (Lipinski definition) is 2. The number of primary amides is 1. The van der Waals surface area contributed by atoms with Crippen LogP contribution in [0.3, 0.4) is 0 Å². The molecule has 0 bridgehead atoms. The van der Waals surface area contributed by atoms with Gasteiger partial charge in [0, 0.05) is 4.88 Å². The molecule has 1 atom stereocenters. The molecule has 2 amide bonds. The SMILES string of the molecule is CC(Oc1ccc(-c2ccccc2)cc1)C(=O)Nc1sc2c(c1C(N)=O)CCC2. The van der Waals surface area contributed by atoms with Gasteiger partial charge in [0.15, 0.2) is 6.10 Å². The van der Waals surface area contributed by atoms with Crippen molar-refractivity contribution in [2.24, 2.45) is 5.73 Å². The number of thiophene rings is 1. The Morgan fingerprint density at radius 2 is 1.72 bits per heavy atom. The van der Waals surface area contributed by atoms with E-state index in [1.54, 1.807) is 6.92 Å². The first-order chi connectivity index (χ1) is 14.0. The van der Waals surface area contributed by atoms with Gasteiger partial charge in [0.25, 0.3) is 11.8 Å². The van der Waals surface area contributed by atoms with Gasteiger partial charge in [-0.2, -0.15) is 0 Å². The Hall–Kier alpha value is -3.12. The summed E-state index contributed by atoms with van der Waals surface area (Å²) < 4.78 is 5.79. The monoisotopic (exact) mass is 406 g/mol. The highest BCUT2D eigenvalue weighted by Crippen LogP contribution is 2.39. The van der Waals surface area contributed by atoms with Crippen molar-refractivity contribution >= 4 is 28.2 Å². The zero-order chi connectivity index (χ0) is 20.4. The number of nitrogens with two attached hydrogens (primary N) is 1. The molecule has 1 aliphatic rings. The molecular weight excluding hydrogens is 384 g/mol. The lowest BCUT2D eigenvalue weighted by atomic mass is 10.1. The number of carbonyl (C=O) groups excluding carboxylic acids is 2.